The molecule has 5 rings (SSSR count). The summed E-state index contributed by atoms with van der Waals surface area (Å²) in [5, 5.41) is 45.0. The third-order valence-corrected chi connectivity index (χ3v) is 15.2. The molecular formula is C63H90N4O11. The van der Waals surface area contributed by atoms with Crippen molar-refractivity contribution in [1.29, 1.82) is 0 Å². The summed E-state index contributed by atoms with van der Waals surface area (Å²) in [5.74, 6) is -0.585. The maximum atomic E-state index is 13.0. The first-order valence-corrected chi connectivity index (χ1v) is 30.0. The summed E-state index contributed by atoms with van der Waals surface area (Å²) >= 11 is 0. The first kappa shape index (κ1) is 62.9. The summed E-state index contributed by atoms with van der Waals surface area (Å²) in [4.78, 5) is 57.4. The zero-order chi connectivity index (χ0) is 55.6. The maximum Gasteiger partial charge on any atom is 0.306 e. The van der Waals surface area contributed by atoms with Gasteiger partial charge in [-0.3, -0.25) is 39.9 Å². The summed E-state index contributed by atoms with van der Waals surface area (Å²) in [6.45, 7) is 3.28. The van der Waals surface area contributed by atoms with Gasteiger partial charge >= 0.3 is 23.3 Å². The first-order valence-electron chi connectivity index (χ1n) is 30.0. The number of nitro groups is 3. The fourth-order valence-corrected chi connectivity index (χ4v) is 10.7. The minimum atomic E-state index is -0.894. The molecule has 15 heteroatoms. The Labute approximate surface area is 463 Å². The Balaban J connectivity index is 0.915. The lowest BCUT2D eigenvalue weighted by molar-refractivity contribution is -0.401. The van der Waals surface area contributed by atoms with Gasteiger partial charge in [0.1, 0.15) is 6.61 Å². The number of rotatable bonds is 46. The normalized spacial score (nSPS) is 11.9. The Bertz CT molecular complexity index is 2520. The minimum Gasteiger partial charge on any atom is -0.462 e. The van der Waals surface area contributed by atoms with E-state index in [1.807, 2.05) is 0 Å². The van der Waals surface area contributed by atoms with E-state index in [-0.39, 0.29) is 37.4 Å². The maximum absolute atomic E-state index is 13.0. The third kappa shape index (κ3) is 22.8. The molecule has 0 aliphatic carbocycles. The molecule has 5 aromatic rings. The van der Waals surface area contributed by atoms with E-state index in [9.17, 15) is 39.9 Å². The number of carbonyl (C=O) groups is 2. The average Bonchev–Trinajstić information content (AvgIpc) is 3.44. The van der Waals surface area contributed by atoms with Crippen molar-refractivity contribution in [2.45, 2.75) is 225 Å². The number of ether oxygens (including phenoxy) is 3. The van der Waals surface area contributed by atoms with Crippen LogP contribution in [0, 0.1) is 30.3 Å². The summed E-state index contributed by atoms with van der Waals surface area (Å²) in [6, 6.07) is 21.6. The summed E-state index contributed by atoms with van der Waals surface area (Å²) in [7, 11) is 0. The molecule has 0 fully saturated rings. The molecule has 0 unspecified atom stereocenters. The van der Waals surface area contributed by atoms with Crippen molar-refractivity contribution in [2.24, 2.45) is 0 Å². The molecule has 0 aromatic heterocycles. The number of nitrogens with one attached hydrogen (secondary N) is 1. The lowest BCUT2D eigenvalue weighted by Gasteiger charge is -2.18. The number of nitro benzene ring substituents is 3. The van der Waals surface area contributed by atoms with Gasteiger partial charge in [-0.2, -0.15) is 0 Å². The van der Waals surface area contributed by atoms with E-state index in [0.717, 1.165) is 108 Å². The lowest BCUT2D eigenvalue weighted by atomic mass is 9.90. The van der Waals surface area contributed by atoms with Crippen LogP contribution in [-0.2, 0) is 30.2 Å². The highest BCUT2D eigenvalue weighted by Gasteiger charge is 2.30. The highest BCUT2D eigenvalue weighted by Crippen LogP contribution is 2.39. The van der Waals surface area contributed by atoms with Crippen molar-refractivity contribution in [2.75, 3.05) is 31.7 Å². The number of esters is 2. The summed E-state index contributed by atoms with van der Waals surface area (Å²) in [6.07, 6.45) is 34.4. The van der Waals surface area contributed by atoms with E-state index >= 15 is 0 Å². The number of unbranched alkanes of at least 4 members (excludes halogenated alkanes) is 27. The zero-order valence-electron chi connectivity index (χ0n) is 46.9. The second kappa shape index (κ2) is 37.0. The predicted octanol–water partition coefficient (Wildman–Crippen LogP) is 17.9. The quantitative estimate of drug-likeness (QED) is 0.0127. The monoisotopic (exact) mass is 1080 g/mol. The molecule has 1 N–H and O–H groups in total. The Morgan fingerprint density at radius 1 is 0.500 bits per heavy atom. The molecule has 0 amide bonds. The average molecular weight is 1080 g/mol. The highest BCUT2D eigenvalue weighted by molar-refractivity contribution is 6.23. The van der Waals surface area contributed by atoms with E-state index in [1.54, 1.807) is 0 Å². The van der Waals surface area contributed by atoms with Crippen molar-refractivity contribution in [3.8, 4) is 0 Å². The van der Waals surface area contributed by atoms with Crippen LogP contribution in [-0.4, -0.2) is 59.2 Å². The third-order valence-electron chi connectivity index (χ3n) is 15.2. The fraction of sp³-hybridized carbons (Fsp3) is 0.619. The van der Waals surface area contributed by atoms with Crippen molar-refractivity contribution in [1.82, 2.24) is 0 Å². The van der Waals surface area contributed by atoms with Gasteiger partial charge in [0, 0.05) is 26.0 Å². The van der Waals surface area contributed by atoms with Gasteiger partial charge in [0.25, 0.3) is 5.69 Å². The summed E-state index contributed by atoms with van der Waals surface area (Å²) in [5.41, 5.74) is -1.02. The lowest BCUT2D eigenvalue weighted by Crippen LogP contribution is -2.30. The second-order valence-corrected chi connectivity index (χ2v) is 21.5. The molecule has 78 heavy (non-hydrogen) atoms. The highest BCUT2D eigenvalue weighted by atomic mass is 16.6. The molecule has 0 spiro atoms. The van der Waals surface area contributed by atoms with Crippen LogP contribution in [0.5, 0.6) is 0 Å². The van der Waals surface area contributed by atoms with E-state index < -0.39 is 37.9 Å². The number of aryl methyl sites for hydroxylation is 1. The topological polar surface area (TPSA) is 203 Å². The standard InChI is InChI=1S/C63H90N4O11/c1-2-3-4-5-6-7-8-9-10-11-15-21-26-31-45-76-48-55(49-77-59(68)36-28-23-18-13-12-14-20-25-30-44-64-63-57(66(72)73)46-54(65(70)71)47-58(63)67(74)75)78-60(69)37-29-24-19-16-17-22-27-33-50-38-39-53-41-40-51-34-32-35-52-42-43-56(50)62(53)61(51)52/h32,34-35,38-43,46-47,55,64H,2-31,33,36-37,44-45,48-49H2,1H3/t55-/m0/s1. The van der Waals surface area contributed by atoms with Gasteiger partial charge in [-0.1, -0.05) is 222 Å². The molecule has 0 saturated heterocycles. The minimum absolute atomic E-state index is 0.0187. The number of benzene rings is 5. The Kier molecular flexibility index (Phi) is 29.8. The van der Waals surface area contributed by atoms with Crippen LogP contribution in [0.25, 0.3) is 32.3 Å². The van der Waals surface area contributed by atoms with Gasteiger partial charge in [0.2, 0.25) is 0 Å². The molecule has 0 bridgehead atoms. The number of hydrogen-bond donors (Lipinski definition) is 1. The second-order valence-electron chi connectivity index (χ2n) is 21.5. The van der Waals surface area contributed by atoms with Crippen molar-refractivity contribution in [3.05, 3.63) is 103 Å². The number of hydrogen-bond acceptors (Lipinski definition) is 12. The molecule has 0 aliphatic heterocycles. The van der Waals surface area contributed by atoms with Crippen LogP contribution >= 0.6 is 0 Å². The number of carbonyl (C=O) groups excluding carboxylic acids is 2. The van der Waals surface area contributed by atoms with Crippen LogP contribution in [0.15, 0.2) is 66.7 Å². The van der Waals surface area contributed by atoms with E-state index in [0.29, 0.717) is 32.3 Å². The van der Waals surface area contributed by atoms with Crippen LogP contribution in [0.2, 0.25) is 0 Å². The van der Waals surface area contributed by atoms with Gasteiger partial charge in [-0.05, 0) is 76.4 Å². The van der Waals surface area contributed by atoms with Crippen molar-refractivity contribution >= 4 is 67.0 Å². The molecular weight excluding hydrogens is 989 g/mol. The Morgan fingerprint density at radius 2 is 0.962 bits per heavy atom. The van der Waals surface area contributed by atoms with E-state index in [1.165, 1.54) is 128 Å². The molecule has 0 heterocycles. The fourth-order valence-electron chi connectivity index (χ4n) is 10.7. The van der Waals surface area contributed by atoms with Gasteiger partial charge < -0.3 is 19.5 Å². The smallest absolute Gasteiger partial charge is 0.306 e. The largest absolute Gasteiger partial charge is 0.462 e. The number of nitrogens with zero attached hydrogens (tertiary/aromatic N) is 3. The Morgan fingerprint density at radius 3 is 1.50 bits per heavy atom. The van der Waals surface area contributed by atoms with Crippen molar-refractivity contribution in [3.63, 3.8) is 0 Å². The van der Waals surface area contributed by atoms with Crippen LogP contribution in [0.4, 0.5) is 22.7 Å². The molecule has 1 atom stereocenters. The summed E-state index contributed by atoms with van der Waals surface area (Å²) < 4.78 is 17.5. The van der Waals surface area contributed by atoms with Crippen LogP contribution in [0.1, 0.15) is 218 Å². The molecule has 0 aliphatic rings. The predicted molar refractivity (Wildman–Crippen MR) is 314 cm³/mol. The molecule has 0 radical (unpaired) electrons. The SMILES string of the molecule is CCCCCCCCCCCCCCCCOC[C@@H](COC(=O)CCCCCCCCCCCNc1c([N+](=O)[O-])cc([N+](=O)[O-])cc1[N+](=O)[O-])OC(=O)CCCCCCCCCc1ccc2ccc3cccc4ccc1c2c34. The van der Waals surface area contributed by atoms with E-state index in [2.05, 4.69) is 66.8 Å². The van der Waals surface area contributed by atoms with E-state index in [4.69, 9.17) is 14.2 Å². The zero-order valence-corrected chi connectivity index (χ0v) is 46.9. The molecule has 428 valence electrons. The van der Waals surface area contributed by atoms with Gasteiger partial charge in [0.05, 0.1) is 33.5 Å². The van der Waals surface area contributed by atoms with Crippen molar-refractivity contribution < 1.29 is 38.6 Å². The molecule has 15 nitrogen and oxygen atoms in total. The molecule has 0 saturated carbocycles. The van der Waals surface area contributed by atoms with Crippen LogP contribution in [0.3, 0.4) is 0 Å². The molecule has 5 aromatic carbocycles. The van der Waals surface area contributed by atoms with Gasteiger partial charge in [-0.25, -0.2) is 0 Å². The number of anilines is 1. The van der Waals surface area contributed by atoms with Gasteiger partial charge in [0.15, 0.2) is 11.8 Å². The van der Waals surface area contributed by atoms with Gasteiger partial charge in [-0.15, -0.1) is 0 Å². The van der Waals surface area contributed by atoms with Crippen LogP contribution < -0.4 is 5.32 Å². The number of non-ortho nitro benzene ring substituents is 1. The Hall–Kier alpha value is -5.96. The first-order chi connectivity index (χ1) is 38.1.